The highest BCUT2D eigenvalue weighted by atomic mass is 16.2. The standard InChI is InChI=1S/C20H27N3O2/c24-18(16-5-2-1-3-6-16)23-12-4-7-17(23)19(25)22-13-9-20(10-14-22)8-11-21-15-20/h1-3,5-6,17,21H,4,7-15H2. The van der Waals surface area contributed by atoms with Crippen LogP contribution in [-0.2, 0) is 4.79 Å². The monoisotopic (exact) mass is 341 g/mol. The van der Waals surface area contributed by atoms with Gasteiger partial charge in [-0.3, -0.25) is 9.59 Å². The Morgan fingerprint density at radius 1 is 1.04 bits per heavy atom. The van der Waals surface area contributed by atoms with E-state index in [1.807, 2.05) is 35.2 Å². The molecule has 5 nitrogen and oxygen atoms in total. The summed E-state index contributed by atoms with van der Waals surface area (Å²) in [5.41, 5.74) is 1.09. The fraction of sp³-hybridized carbons (Fsp3) is 0.600. The molecule has 3 fully saturated rings. The summed E-state index contributed by atoms with van der Waals surface area (Å²) in [7, 11) is 0. The molecule has 3 aliphatic rings. The average molecular weight is 341 g/mol. The molecule has 25 heavy (non-hydrogen) atoms. The Morgan fingerprint density at radius 3 is 2.48 bits per heavy atom. The number of benzene rings is 1. The van der Waals surface area contributed by atoms with Crippen molar-refractivity contribution in [2.24, 2.45) is 5.41 Å². The third-order valence-corrected chi connectivity index (χ3v) is 6.29. The van der Waals surface area contributed by atoms with Crippen molar-refractivity contribution < 1.29 is 9.59 Å². The second-order valence-electron chi connectivity index (χ2n) is 7.77. The molecule has 1 aromatic carbocycles. The van der Waals surface area contributed by atoms with Crippen LogP contribution in [0.4, 0.5) is 0 Å². The molecule has 4 rings (SSSR count). The van der Waals surface area contributed by atoms with Crippen LogP contribution in [0.15, 0.2) is 30.3 Å². The van der Waals surface area contributed by atoms with Crippen LogP contribution in [0.3, 0.4) is 0 Å². The van der Waals surface area contributed by atoms with E-state index in [1.165, 1.54) is 6.42 Å². The Morgan fingerprint density at radius 2 is 1.80 bits per heavy atom. The van der Waals surface area contributed by atoms with Crippen LogP contribution in [0.25, 0.3) is 0 Å². The minimum Gasteiger partial charge on any atom is -0.341 e. The fourth-order valence-corrected chi connectivity index (χ4v) is 4.65. The lowest BCUT2D eigenvalue weighted by atomic mass is 9.77. The summed E-state index contributed by atoms with van der Waals surface area (Å²) in [6.07, 6.45) is 5.12. The third-order valence-electron chi connectivity index (χ3n) is 6.29. The molecule has 0 saturated carbocycles. The minimum atomic E-state index is -0.275. The lowest BCUT2D eigenvalue weighted by Gasteiger charge is -2.40. The normalized spacial score (nSPS) is 25.5. The smallest absolute Gasteiger partial charge is 0.254 e. The Bertz CT molecular complexity index is 630. The zero-order chi connectivity index (χ0) is 17.3. The predicted molar refractivity (Wildman–Crippen MR) is 96.2 cm³/mol. The molecule has 1 unspecified atom stereocenters. The molecule has 1 aromatic rings. The van der Waals surface area contributed by atoms with Gasteiger partial charge in [-0.2, -0.15) is 0 Å². The summed E-state index contributed by atoms with van der Waals surface area (Å²) in [6, 6.07) is 9.05. The molecule has 0 aliphatic carbocycles. The van der Waals surface area contributed by atoms with E-state index < -0.39 is 0 Å². The van der Waals surface area contributed by atoms with Gasteiger partial charge in [0.1, 0.15) is 6.04 Å². The van der Waals surface area contributed by atoms with E-state index >= 15 is 0 Å². The van der Waals surface area contributed by atoms with Crippen molar-refractivity contribution in [1.82, 2.24) is 15.1 Å². The van der Waals surface area contributed by atoms with Gasteiger partial charge >= 0.3 is 0 Å². The van der Waals surface area contributed by atoms with E-state index in [2.05, 4.69) is 5.32 Å². The van der Waals surface area contributed by atoms with Crippen molar-refractivity contribution in [2.75, 3.05) is 32.7 Å². The summed E-state index contributed by atoms with van der Waals surface area (Å²) >= 11 is 0. The van der Waals surface area contributed by atoms with E-state index in [-0.39, 0.29) is 17.9 Å². The molecule has 0 aromatic heterocycles. The van der Waals surface area contributed by atoms with Crippen LogP contribution >= 0.6 is 0 Å². The first-order valence-corrected chi connectivity index (χ1v) is 9.54. The molecule has 3 saturated heterocycles. The summed E-state index contributed by atoms with van der Waals surface area (Å²) in [4.78, 5) is 29.7. The molecular weight excluding hydrogens is 314 g/mol. The van der Waals surface area contributed by atoms with Crippen LogP contribution in [0.5, 0.6) is 0 Å². The summed E-state index contributed by atoms with van der Waals surface area (Å²) < 4.78 is 0. The van der Waals surface area contributed by atoms with Crippen LogP contribution in [0.2, 0.25) is 0 Å². The number of likely N-dealkylation sites (tertiary alicyclic amines) is 2. The van der Waals surface area contributed by atoms with Crippen molar-refractivity contribution in [1.29, 1.82) is 0 Å². The van der Waals surface area contributed by atoms with Crippen LogP contribution < -0.4 is 5.32 Å². The molecule has 134 valence electrons. The number of carbonyl (C=O) groups excluding carboxylic acids is 2. The lowest BCUT2D eigenvalue weighted by molar-refractivity contribution is -0.137. The Labute approximate surface area is 149 Å². The molecule has 2 amide bonds. The highest BCUT2D eigenvalue weighted by Gasteiger charge is 2.41. The first-order chi connectivity index (χ1) is 12.2. The molecule has 1 atom stereocenters. The second kappa shape index (κ2) is 6.79. The van der Waals surface area contributed by atoms with Gasteiger partial charge in [0.15, 0.2) is 0 Å². The summed E-state index contributed by atoms with van der Waals surface area (Å²) in [6.45, 7) is 4.56. The van der Waals surface area contributed by atoms with E-state index in [1.54, 1.807) is 4.90 Å². The highest BCUT2D eigenvalue weighted by molar-refractivity contribution is 5.97. The second-order valence-corrected chi connectivity index (χ2v) is 7.77. The number of hydrogen-bond acceptors (Lipinski definition) is 3. The van der Waals surface area contributed by atoms with Gasteiger partial charge in [0.05, 0.1) is 0 Å². The number of nitrogens with zero attached hydrogens (tertiary/aromatic N) is 2. The topological polar surface area (TPSA) is 52.7 Å². The number of rotatable bonds is 2. The maximum Gasteiger partial charge on any atom is 0.254 e. The Hall–Kier alpha value is -1.88. The maximum absolute atomic E-state index is 13.1. The molecule has 3 aliphatic heterocycles. The van der Waals surface area contributed by atoms with E-state index in [9.17, 15) is 9.59 Å². The average Bonchev–Trinajstić information content (AvgIpc) is 3.32. The number of piperidine rings is 1. The van der Waals surface area contributed by atoms with Crippen molar-refractivity contribution >= 4 is 11.8 Å². The molecule has 1 N–H and O–H groups in total. The highest BCUT2D eigenvalue weighted by Crippen LogP contribution is 2.37. The van der Waals surface area contributed by atoms with Gasteiger partial charge in [-0.25, -0.2) is 0 Å². The molecule has 5 heteroatoms. The molecule has 1 spiro atoms. The zero-order valence-electron chi connectivity index (χ0n) is 14.7. The predicted octanol–water partition coefficient (Wildman–Crippen LogP) is 1.89. The SMILES string of the molecule is O=C(C1CCCN1C(=O)c1ccccc1)N1CCC2(CCNC2)CC1. The van der Waals surface area contributed by atoms with Crippen LogP contribution in [0, 0.1) is 5.41 Å². The van der Waals surface area contributed by atoms with Gasteiger partial charge in [0, 0.05) is 31.7 Å². The molecule has 0 bridgehead atoms. The zero-order valence-corrected chi connectivity index (χ0v) is 14.7. The van der Waals surface area contributed by atoms with E-state index in [0.29, 0.717) is 17.5 Å². The Kier molecular flexibility index (Phi) is 4.50. The largest absolute Gasteiger partial charge is 0.341 e. The first-order valence-electron chi connectivity index (χ1n) is 9.54. The number of carbonyl (C=O) groups is 2. The quantitative estimate of drug-likeness (QED) is 0.894. The Balaban J connectivity index is 1.42. The van der Waals surface area contributed by atoms with Crippen molar-refractivity contribution in [3.63, 3.8) is 0 Å². The van der Waals surface area contributed by atoms with Gasteiger partial charge in [0.25, 0.3) is 5.91 Å². The number of nitrogens with one attached hydrogen (secondary N) is 1. The molecular formula is C20H27N3O2. The van der Waals surface area contributed by atoms with Crippen LogP contribution in [-0.4, -0.2) is 60.4 Å². The molecule has 0 radical (unpaired) electrons. The van der Waals surface area contributed by atoms with Crippen molar-refractivity contribution in [3.8, 4) is 0 Å². The molecule has 3 heterocycles. The van der Waals surface area contributed by atoms with Gasteiger partial charge in [-0.05, 0) is 56.2 Å². The van der Waals surface area contributed by atoms with Crippen molar-refractivity contribution in [2.45, 2.75) is 38.1 Å². The van der Waals surface area contributed by atoms with Crippen LogP contribution in [0.1, 0.15) is 42.5 Å². The number of hydrogen-bond donors (Lipinski definition) is 1. The first kappa shape index (κ1) is 16.6. The van der Waals surface area contributed by atoms with Crippen molar-refractivity contribution in [3.05, 3.63) is 35.9 Å². The minimum absolute atomic E-state index is 0.00933. The third kappa shape index (κ3) is 3.17. The van der Waals surface area contributed by atoms with Gasteiger partial charge < -0.3 is 15.1 Å². The lowest BCUT2D eigenvalue weighted by Crippen LogP contribution is -2.51. The van der Waals surface area contributed by atoms with E-state index in [4.69, 9.17) is 0 Å². The fourth-order valence-electron chi connectivity index (χ4n) is 4.65. The van der Waals surface area contributed by atoms with Gasteiger partial charge in [0.2, 0.25) is 5.91 Å². The van der Waals surface area contributed by atoms with E-state index in [0.717, 1.165) is 51.9 Å². The van der Waals surface area contributed by atoms with Gasteiger partial charge in [-0.1, -0.05) is 18.2 Å². The number of amides is 2. The summed E-state index contributed by atoms with van der Waals surface area (Å²) in [5.74, 6) is 0.146. The van der Waals surface area contributed by atoms with Gasteiger partial charge in [-0.15, -0.1) is 0 Å². The maximum atomic E-state index is 13.1. The summed E-state index contributed by atoms with van der Waals surface area (Å²) in [5, 5.41) is 3.47.